The fourth-order valence-corrected chi connectivity index (χ4v) is 2.26. The van der Waals surface area contributed by atoms with Crippen LogP contribution in [-0.2, 0) is 19.1 Å². The number of carbonyl (C=O) groups is 3. The molecule has 21 heavy (non-hydrogen) atoms. The Balaban J connectivity index is 2.18. The first-order valence-electron chi connectivity index (χ1n) is 7.40. The van der Waals surface area contributed by atoms with E-state index in [9.17, 15) is 14.4 Å². The fourth-order valence-electron chi connectivity index (χ4n) is 2.26. The van der Waals surface area contributed by atoms with Crippen molar-refractivity contribution in [2.75, 3.05) is 39.8 Å². The number of esters is 1. The minimum atomic E-state index is -0.174. The van der Waals surface area contributed by atoms with Gasteiger partial charge >= 0.3 is 5.97 Å². The van der Waals surface area contributed by atoms with Crippen LogP contribution in [0.25, 0.3) is 0 Å². The van der Waals surface area contributed by atoms with Crippen molar-refractivity contribution in [3.63, 3.8) is 0 Å². The number of hydrogen-bond acceptors (Lipinski definition) is 5. The molecule has 0 aromatic rings. The molecule has 0 spiro atoms. The van der Waals surface area contributed by atoms with Crippen molar-refractivity contribution in [1.29, 1.82) is 0 Å². The first-order valence-corrected chi connectivity index (χ1v) is 7.40. The predicted octanol–water partition coefficient (Wildman–Crippen LogP) is -0.486. The van der Waals surface area contributed by atoms with Gasteiger partial charge in [-0.3, -0.25) is 19.3 Å². The van der Waals surface area contributed by atoms with Gasteiger partial charge in [0.05, 0.1) is 26.1 Å². The molecule has 1 aliphatic heterocycles. The smallest absolute Gasteiger partial charge is 0.308 e. The number of nitrogens with zero attached hydrogens (tertiary/aromatic N) is 1. The molecule has 1 fully saturated rings. The second-order valence-electron chi connectivity index (χ2n) is 5.20. The van der Waals surface area contributed by atoms with Crippen molar-refractivity contribution in [3.05, 3.63) is 0 Å². The number of ether oxygens (including phenoxy) is 1. The van der Waals surface area contributed by atoms with Crippen LogP contribution in [0, 0.1) is 5.92 Å². The quantitative estimate of drug-likeness (QED) is 0.620. The molecule has 7 nitrogen and oxygen atoms in total. The minimum absolute atomic E-state index is 0.0114. The summed E-state index contributed by atoms with van der Waals surface area (Å²) in [5, 5.41) is 5.30. The lowest BCUT2D eigenvalue weighted by molar-refractivity contribution is -0.147. The summed E-state index contributed by atoms with van der Waals surface area (Å²) in [6.45, 7) is 4.24. The molecule has 2 N–H and O–H groups in total. The molecule has 0 bridgehead atoms. The zero-order valence-electron chi connectivity index (χ0n) is 12.8. The molecule has 1 aliphatic rings. The fraction of sp³-hybridized carbons (Fsp3) is 0.786. The Morgan fingerprint density at radius 2 is 1.81 bits per heavy atom. The Kier molecular flexibility index (Phi) is 7.74. The number of piperidine rings is 1. The van der Waals surface area contributed by atoms with Gasteiger partial charge in [0.1, 0.15) is 0 Å². The molecule has 0 saturated carbocycles. The van der Waals surface area contributed by atoms with Crippen LogP contribution in [0.3, 0.4) is 0 Å². The van der Waals surface area contributed by atoms with Crippen LogP contribution in [0.15, 0.2) is 0 Å². The molecule has 2 amide bonds. The van der Waals surface area contributed by atoms with E-state index in [0.717, 1.165) is 6.42 Å². The number of methoxy groups -OCH3 is 1. The Hall–Kier alpha value is -1.63. The number of rotatable bonds is 7. The van der Waals surface area contributed by atoms with Crippen LogP contribution in [0.1, 0.15) is 26.2 Å². The number of nitrogens with one attached hydrogen (secondary N) is 2. The van der Waals surface area contributed by atoms with Crippen molar-refractivity contribution in [2.45, 2.75) is 26.2 Å². The summed E-state index contributed by atoms with van der Waals surface area (Å²) < 4.78 is 4.72. The van der Waals surface area contributed by atoms with E-state index < -0.39 is 0 Å². The number of likely N-dealkylation sites (tertiary alicyclic amines) is 1. The Morgan fingerprint density at radius 3 is 2.38 bits per heavy atom. The van der Waals surface area contributed by atoms with E-state index in [1.807, 2.05) is 11.8 Å². The summed E-state index contributed by atoms with van der Waals surface area (Å²) in [5.74, 6) is -0.575. The SMILES string of the molecule is CCCNC(=O)CNC(=O)CN1CCC(C(=O)OC)CC1. The van der Waals surface area contributed by atoms with Crippen molar-refractivity contribution < 1.29 is 19.1 Å². The molecule has 1 heterocycles. The van der Waals surface area contributed by atoms with E-state index in [1.54, 1.807) is 0 Å². The van der Waals surface area contributed by atoms with E-state index in [0.29, 0.717) is 32.5 Å². The lowest BCUT2D eigenvalue weighted by Gasteiger charge is -2.29. The van der Waals surface area contributed by atoms with Crippen LogP contribution < -0.4 is 10.6 Å². The normalized spacial score (nSPS) is 16.3. The number of amides is 2. The third-order valence-electron chi connectivity index (χ3n) is 3.51. The molecule has 0 aliphatic carbocycles. The lowest BCUT2D eigenvalue weighted by atomic mass is 9.97. The molecule has 120 valence electrons. The van der Waals surface area contributed by atoms with Crippen LogP contribution in [0.5, 0.6) is 0 Å². The average Bonchev–Trinajstić information content (AvgIpc) is 2.50. The first kappa shape index (κ1) is 17.4. The van der Waals surface area contributed by atoms with E-state index in [1.165, 1.54) is 7.11 Å². The van der Waals surface area contributed by atoms with Crippen LogP contribution in [-0.4, -0.2) is 62.5 Å². The van der Waals surface area contributed by atoms with Crippen LogP contribution in [0.4, 0.5) is 0 Å². The predicted molar refractivity (Wildman–Crippen MR) is 77.5 cm³/mol. The summed E-state index contributed by atoms with van der Waals surface area (Å²) >= 11 is 0. The average molecular weight is 299 g/mol. The van der Waals surface area contributed by atoms with Gasteiger partial charge in [-0.25, -0.2) is 0 Å². The van der Waals surface area contributed by atoms with Crippen molar-refractivity contribution in [2.24, 2.45) is 5.92 Å². The van der Waals surface area contributed by atoms with E-state index in [-0.39, 0.29) is 36.8 Å². The van der Waals surface area contributed by atoms with Crippen molar-refractivity contribution in [1.82, 2.24) is 15.5 Å². The van der Waals surface area contributed by atoms with Crippen molar-refractivity contribution in [3.8, 4) is 0 Å². The first-order chi connectivity index (χ1) is 10.1. The Morgan fingerprint density at radius 1 is 1.14 bits per heavy atom. The van der Waals surface area contributed by atoms with E-state index >= 15 is 0 Å². The second kappa shape index (κ2) is 9.33. The molecule has 0 aromatic heterocycles. The van der Waals surface area contributed by atoms with E-state index in [4.69, 9.17) is 4.74 Å². The zero-order chi connectivity index (χ0) is 15.7. The van der Waals surface area contributed by atoms with E-state index in [2.05, 4.69) is 10.6 Å². The molecular formula is C14H25N3O4. The van der Waals surface area contributed by atoms with Gasteiger partial charge in [-0.1, -0.05) is 6.92 Å². The second-order valence-corrected chi connectivity index (χ2v) is 5.20. The van der Waals surface area contributed by atoms with Crippen LogP contribution in [0.2, 0.25) is 0 Å². The monoisotopic (exact) mass is 299 g/mol. The maximum atomic E-state index is 11.7. The Labute approximate surface area is 125 Å². The molecule has 7 heteroatoms. The molecule has 0 unspecified atom stereocenters. The summed E-state index contributed by atoms with van der Waals surface area (Å²) in [7, 11) is 1.39. The van der Waals surface area contributed by atoms with Crippen molar-refractivity contribution >= 4 is 17.8 Å². The third-order valence-corrected chi connectivity index (χ3v) is 3.51. The van der Waals surface area contributed by atoms with Gasteiger partial charge in [0.15, 0.2) is 0 Å². The largest absolute Gasteiger partial charge is 0.469 e. The highest BCUT2D eigenvalue weighted by molar-refractivity contribution is 5.85. The number of hydrogen-bond donors (Lipinski definition) is 2. The number of carbonyl (C=O) groups excluding carboxylic acids is 3. The molecule has 0 aromatic carbocycles. The third kappa shape index (κ3) is 6.57. The van der Waals surface area contributed by atoms with Crippen LogP contribution >= 0.6 is 0 Å². The van der Waals surface area contributed by atoms with Gasteiger partial charge in [0.25, 0.3) is 0 Å². The molecule has 1 saturated heterocycles. The standard InChI is InChI=1S/C14H25N3O4/c1-3-6-15-12(18)9-16-13(19)10-17-7-4-11(5-8-17)14(20)21-2/h11H,3-10H2,1-2H3,(H,15,18)(H,16,19). The summed E-state index contributed by atoms with van der Waals surface area (Å²) in [6, 6.07) is 0. The van der Waals surface area contributed by atoms with Gasteiger partial charge in [-0.05, 0) is 32.4 Å². The van der Waals surface area contributed by atoms with Gasteiger partial charge in [0, 0.05) is 6.54 Å². The summed E-state index contributed by atoms with van der Waals surface area (Å²) in [5.41, 5.74) is 0. The maximum Gasteiger partial charge on any atom is 0.308 e. The molecule has 1 rings (SSSR count). The molecule has 0 atom stereocenters. The van der Waals surface area contributed by atoms with Gasteiger partial charge in [-0.2, -0.15) is 0 Å². The topological polar surface area (TPSA) is 87.7 Å². The molecular weight excluding hydrogens is 274 g/mol. The zero-order valence-corrected chi connectivity index (χ0v) is 12.8. The highest BCUT2D eigenvalue weighted by Gasteiger charge is 2.26. The van der Waals surface area contributed by atoms with Gasteiger partial charge in [0.2, 0.25) is 11.8 Å². The highest BCUT2D eigenvalue weighted by Crippen LogP contribution is 2.17. The summed E-state index contributed by atoms with van der Waals surface area (Å²) in [6.07, 6.45) is 2.28. The summed E-state index contributed by atoms with van der Waals surface area (Å²) in [4.78, 5) is 36.5. The Bertz CT molecular complexity index is 365. The minimum Gasteiger partial charge on any atom is -0.469 e. The van der Waals surface area contributed by atoms with Gasteiger partial charge in [-0.15, -0.1) is 0 Å². The maximum absolute atomic E-state index is 11.7. The molecule has 0 radical (unpaired) electrons. The highest BCUT2D eigenvalue weighted by atomic mass is 16.5. The lowest BCUT2D eigenvalue weighted by Crippen LogP contribution is -2.45. The van der Waals surface area contributed by atoms with Gasteiger partial charge < -0.3 is 15.4 Å².